The van der Waals surface area contributed by atoms with Crippen LogP contribution >= 0.6 is 0 Å². The summed E-state index contributed by atoms with van der Waals surface area (Å²) < 4.78 is 71.8. The number of hydrogen-bond donors (Lipinski definition) is 0. The Morgan fingerprint density at radius 3 is 1.90 bits per heavy atom. The second-order valence-corrected chi connectivity index (χ2v) is 9.99. The predicted octanol–water partition coefficient (Wildman–Crippen LogP) is 9.55. The van der Waals surface area contributed by atoms with E-state index in [1.807, 2.05) is 18.2 Å². The van der Waals surface area contributed by atoms with E-state index in [1.165, 1.54) is 36.8 Å². The highest BCUT2D eigenvalue weighted by Gasteiger charge is 2.17. The number of ether oxygens (including phenoxy) is 1. The van der Waals surface area contributed by atoms with Gasteiger partial charge in [0.15, 0.2) is 17.4 Å². The third-order valence-corrected chi connectivity index (χ3v) is 7.09. The number of aryl methyl sites for hydroxylation is 5. The SMILES string of the molecule is CCCCCCc1ccc(CCc2ccc3c(F)c(CCc4cc(F)c(OC(F)F)c(F)c4)ccc3c2)cc1. The lowest BCUT2D eigenvalue weighted by Gasteiger charge is -2.11. The third-order valence-electron chi connectivity index (χ3n) is 7.09. The van der Waals surface area contributed by atoms with E-state index in [9.17, 15) is 17.6 Å². The van der Waals surface area contributed by atoms with Crippen molar-refractivity contribution in [3.05, 3.63) is 112 Å². The first-order chi connectivity index (χ1) is 18.8. The molecule has 39 heavy (non-hydrogen) atoms. The highest BCUT2D eigenvalue weighted by molar-refractivity contribution is 5.84. The molecule has 0 N–H and O–H groups in total. The molecule has 4 aromatic carbocycles. The van der Waals surface area contributed by atoms with Crippen LogP contribution in [0.3, 0.4) is 0 Å². The zero-order valence-corrected chi connectivity index (χ0v) is 22.1. The lowest BCUT2D eigenvalue weighted by atomic mass is 9.97. The second-order valence-electron chi connectivity index (χ2n) is 9.99. The van der Waals surface area contributed by atoms with E-state index in [4.69, 9.17) is 0 Å². The average Bonchev–Trinajstić information content (AvgIpc) is 2.92. The Morgan fingerprint density at radius 2 is 1.23 bits per heavy atom. The lowest BCUT2D eigenvalue weighted by molar-refractivity contribution is -0.0546. The lowest BCUT2D eigenvalue weighted by Crippen LogP contribution is -2.06. The van der Waals surface area contributed by atoms with E-state index >= 15 is 4.39 Å². The van der Waals surface area contributed by atoms with Crippen LogP contribution in [0.5, 0.6) is 5.75 Å². The third kappa shape index (κ3) is 7.81. The van der Waals surface area contributed by atoms with Gasteiger partial charge in [-0.25, -0.2) is 13.2 Å². The fraction of sp³-hybridized carbons (Fsp3) is 0.333. The molecule has 0 bridgehead atoms. The molecule has 0 amide bonds. The molecular weight excluding hydrogens is 507 g/mol. The minimum Gasteiger partial charge on any atom is -0.429 e. The molecule has 0 unspecified atom stereocenters. The van der Waals surface area contributed by atoms with Crippen molar-refractivity contribution < 1.29 is 26.7 Å². The summed E-state index contributed by atoms with van der Waals surface area (Å²) in [6, 6.07) is 19.9. The summed E-state index contributed by atoms with van der Waals surface area (Å²) in [5, 5.41) is 1.28. The van der Waals surface area contributed by atoms with Gasteiger partial charge >= 0.3 is 6.61 Å². The zero-order chi connectivity index (χ0) is 27.8. The van der Waals surface area contributed by atoms with Crippen molar-refractivity contribution in [3.8, 4) is 5.75 Å². The monoisotopic (exact) mass is 540 g/mol. The van der Waals surface area contributed by atoms with Gasteiger partial charge in [0.05, 0.1) is 0 Å². The van der Waals surface area contributed by atoms with Crippen molar-refractivity contribution in [1.29, 1.82) is 0 Å². The maximum Gasteiger partial charge on any atom is 0.387 e. The normalized spacial score (nSPS) is 11.5. The summed E-state index contributed by atoms with van der Waals surface area (Å²) in [6.45, 7) is -1.11. The summed E-state index contributed by atoms with van der Waals surface area (Å²) in [6.07, 6.45) is 8.24. The van der Waals surface area contributed by atoms with Gasteiger partial charge in [-0.3, -0.25) is 0 Å². The predicted molar refractivity (Wildman–Crippen MR) is 146 cm³/mol. The molecule has 0 aliphatic carbocycles. The number of halogens is 5. The number of fused-ring (bicyclic) bond motifs is 1. The number of unbranched alkanes of at least 4 members (excludes halogenated alkanes) is 3. The standard InChI is InChI=1S/C33H33F5O/c1-2-3-4-5-6-22-7-9-23(10-8-22)11-12-24-14-18-28-27(19-24)17-16-26(31(28)36)15-13-25-20-29(34)32(30(35)21-25)39-33(37)38/h7-10,14,16-21,33H,2-6,11-13,15H2,1H3. The van der Waals surface area contributed by atoms with Crippen LogP contribution in [0.4, 0.5) is 22.0 Å². The maximum absolute atomic E-state index is 15.2. The smallest absolute Gasteiger partial charge is 0.387 e. The number of alkyl halides is 2. The Balaban J connectivity index is 1.36. The molecule has 0 radical (unpaired) electrons. The van der Waals surface area contributed by atoms with Crippen LogP contribution in [-0.2, 0) is 32.1 Å². The molecule has 206 valence electrons. The molecule has 1 nitrogen and oxygen atoms in total. The van der Waals surface area contributed by atoms with Crippen LogP contribution in [0.2, 0.25) is 0 Å². The first kappa shape index (κ1) is 28.6. The Hall–Kier alpha value is -3.41. The Kier molecular flexibility index (Phi) is 9.96. The van der Waals surface area contributed by atoms with Gasteiger partial charge in [0.2, 0.25) is 0 Å². The van der Waals surface area contributed by atoms with Crippen molar-refractivity contribution >= 4 is 10.8 Å². The topological polar surface area (TPSA) is 9.23 Å². The van der Waals surface area contributed by atoms with Gasteiger partial charge in [-0.15, -0.1) is 0 Å². The molecule has 6 heteroatoms. The van der Waals surface area contributed by atoms with Crippen molar-refractivity contribution in [2.45, 2.75) is 71.3 Å². The van der Waals surface area contributed by atoms with Crippen LogP contribution in [0, 0.1) is 17.5 Å². The van der Waals surface area contributed by atoms with E-state index < -0.39 is 24.0 Å². The molecule has 4 rings (SSSR count). The Labute approximate surface area is 226 Å². The van der Waals surface area contributed by atoms with Crippen LogP contribution in [0.1, 0.15) is 60.4 Å². The van der Waals surface area contributed by atoms with Gasteiger partial charge in [-0.2, -0.15) is 8.78 Å². The Bertz CT molecular complexity index is 1360. The van der Waals surface area contributed by atoms with Crippen LogP contribution in [-0.4, -0.2) is 6.61 Å². The van der Waals surface area contributed by atoms with Crippen LogP contribution in [0.15, 0.2) is 66.7 Å². The summed E-state index contributed by atoms with van der Waals surface area (Å²) >= 11 is 0. The van der Waals surface area contributed by atoms with Gasteiger partial charge < -0.3 is 4.74 Å². The van der Waals surface area contributed by atoms with Crippen molar-refractivity contribution in [2.75, 3.05) is 0 Å². The van der Waals surface area contributed by atoms with Gasteiger partial charge in [-0.05, 0) is 83.9 Å². The number of rotatable bonds is 13. The summed E-state index contributed by atoms with van der Waals surface area (Å²) in [5.74, 6) is -3.91. The summed E-state index contributed by atoms with van der Waals surface area (Å²) in [7, 11) is 0. The van der Waals surface area contributed by atoms with Crippen LogP contribution in [0.25, 0.3) is 10.8 Å². The molecule has 4 aromatic rings. The largest absolute Gasteiger partial charge is 0.429 e. The molecule has 0 heterocycles. The molecule has 0 aliphatic heterocycles. The maximum atomic E-state index is 15.2. The molecule has 0 fully saturated rings. The molecule has 0 atom stereocenters. The summed E-state index contributed by atoms with van der Waals surface area (Å²) in [4.78, 5) is 0. The molecule has 0 aromatic heterocycles. The zero-order valence-electron chi connectivity index (χ0n) is 22.1. The second kappa shape index (κ2) is 13.6. The van der Waals surface area contributed by atoms with E-state index in [1.54, 1.807) is 12.1 Å². The molecule has 0 saturated carbocycles. The fourth-order valence-electron chi connectivity index (χ4n) is 4.89. The van der Waals surface area contributed by atoms with E-state index in [-0.39, 0.29) is 24.2 Å². The summed E-state index contributed by atoms with van der Waals surface area (Å²) in [5.41, 5.74) is 4.41. The highest BCUT2D eigenvalue weighted by atomic mass is 19.3. The van der Waals surface area contributed by atoms with Gasteiger partial charge in [0.1, 0.15) is 5.82 Å². The first-order valence-electron chi connectivity index (χ1n) is 13.5. The van der Waals surface area contributed by atoms with E-state index in [0.717, 1.165) is 42.3 Å². The minimum atomic E-state index is -3.33. The van der Waals surface area contributed by atoms with Crippen molar-refractivity contribution in [3.63, 3.8) is 0 Å². The van der Waals surface area contributed by atoms with E-state index in [0.29, 0.717) is 10.9 Å². The van der Waals surface area contributed by atoms with E-state index in [2.05, 4.69) is 35.9 Å². The molecule has 0 spiro atoms. The van der Waals surface area contributed by atoms with Crippen molar-refractivity contribution in [2.24, 2.45) is 0 Å². The average molecular weight is 541 g/mol. The first-order valence-corrected chi connectivity index (χ1v) is 13.5. The van der Waals surface area contributed by atoms with Gasteiger partial charge in [-0.1, -0.05) is 80.8 Å². The van der Waals surface area contributed by atoms with Gasteiger partial charge in [0, 0.05) is 5.39 Å². The molecule has 0 saturated heterocycles. The number of hydrogen-bond acceptors (Lipinski definition) is 1. The van der Waals surface area contributed by atoms with Crippen molar-refractivity contribution in [1.82, 2.24) is 0 Å². The van der Waals surface area contributed by atoms with Gasteiger partial charge in [0.25, 0.3) is 0 Å². The Morgan fingerprint density at radius 1 is 0.615 bits per heavy atom. The molecule has 0 aliphatic rings. The fourth-order valence-corrected chi connectivity index (χ4v) is 4.89. The minimum absolute atomic E-state index is 0.140. The molecular formula is C33H33F5O. The number of benzene rings is 4. The quantitative estimate of drug-likeness (QED) is 0.121. The highest BCUT2D eigenvalue weighted by Crippen LogP contribution is 2.27. The van der Waals surface area contributed by atoms with Crippen LogP contribution < -0.4 is 4.74 Å².